The minimum atomic E-state index is -0.391. The average Bonchev–Trinajstić information content (AvgIpc) is 2.55. The van der Waals surface area contributed by atoms with Gasteiger partial charge in [-0.05, 0) is 30.3 Å². The molecule has 2 rings (SSSR count). The minimum Gasteiger partial charge on any atom is -0.497 e. The summed E-state index contributed by atoms with van der Waals surface area (Å²) in [5.41, 5.74) is 1.84. The lowest BCUT2D eigenvalue weighted by Crippen LogP contribution is -2.19. The third kappa shape index (κ3) is 3.70. The third-order valence-electron chi connectivity index (χ3n) is 2.94. The Morgan fingerprint density at radius 1 is 1.09 bits per heavy atom. The van der Waals surface area contributed by atoms with E-state index in [1.165, 1.54) is 7.11 Å². The number of hydrogen-bond donors (Lipinski definition) is 2. The second-order valence-electron chi connectivity index (χ2n) is 4.37. The van der Waals surface area contributed by atoms with Crippen molar-refractivity contribution in [3.63, 3.8) is 0 Å². The Kier molecular flexibility index (Phi) is 4.89. The Bertz CT molecular complexity index is 720. The summed E-state index contributed by atoms with van der Waals surface area (Å²) in [4.78, 5) is 12.0. The number of hydrogen-bond acceptors (Lipinski definition) is 3. The number of amides is 2. The lowest BCUT2D eigenvalue weighted by Gasteiger charge is -2.12. The Hall–Kier alpha value is -3.13. The van der Waals surface area contributed by atoms with Crippen LogP contribution in [0.5, 0.6) is 11.5 Å². The lowest BCUT2D eigenvalue weighted by atomic mass is 10.2. The largest absolute Gasteiger partial charge is 0.497 e. The van der Waals surface area contributed by atoms with Crippen molar-refractivity contribution in [1.29, 1.82) is 0 Å². The molecule has 22 heavy (non-hydrogen) atoms. The van der Waals surface area contributed by atoms with Gasteiger partial charge in [-0.25, -0.2) is 4.79 Å². The van der Waals surface area contributed by atoms with Gasteiger partial charge >= 0.3 is 6.03 Å². The highest BCUT2D eigenvalue weighted by molar-refractivity contribution is 6.00. The lowest BCUT2D eigenvalue weighted by molar-refractivity contribution is 0.262. The van der Waals surface area contributed by atoms with Gasteiger partial charge in [0.05, 0.1) is 19.9 Å². The molecule has 0 aliphatic heterocycles. The van der Waals surface area contributed by atoms with Crippen LogP contribution in [-0.2, 0) is 0 Å². The minimum absolute atomic E-state index is 0.391. The Balaban J connectivity index is 2.10. The summed E-state index contributed by atoms with van der Waals surface area (Å²) >= 11 is 0. The first-order chi connectivity index (χ1) is 10.7. The van der Waals surface area contributed by atoms with E-state index in [1.807, 2.05) is 0 Å². The van der Waals surface area contributed by atoms with Crippen LogP contribution in [0, 0.1) is 12.3 Å². The molecular formula is C17H16N2O3. The summed E-state index contributed by atoms with van der Waals surface area (Å²) in [5.74, 6) is 3.67. The van der Waals surface area contributed by atoms with E-state index in [-0.39, 0.29) is 0 Å². The van der Waals surface area contributed by atoms with E-state index in [2.05, 4.69) is 16.6 Å². The molecule has 2 aromatic carbocycles. The molecule has 0 aromatic heterocycles. The van der Waals surface area contributed by atoms with Crippen LogP contribution >= 0.6 is 0 Å². The van der Waals surface area contributed by atoms with E-state index in [9.17, 15) is 4.79 Å². The standard InChI is InChI=1S/C17H16N2O3/c1-4-12-6-5-7-13(10-12)18-17(20)19-15-9-8-14(21-2)11-16(15)22-3/h1,5-11H,2-3H3,(H2,18,19,20). The van der Waals surface area contributed by atoms with Gasteiger partial charge in [0.15, 0.2) is 0 Å². The molecule has 0 radical (unpaired) electrons. The zero-order chi connectivity index (χ0) is 15.9. The summed E-state index contributed by atoms with van der Waals surface area (Å²) in [6, 6.07) is 11.8. The molecule has 0 aliphatic carbocycles. The average molecular weight is 296 g/mol. The monoisotopic (exact) mass is 296 g/mol. The number of anilines is 2. The molecule has 112 valence electrons. The smallest absolute Gasteiger partial charge is 0.323 e. The molecule has 0 saturated heterocycles. The van der Waals surface area contributed by atoms with Crippen LogP contribution in [0.15, 0.2) is 42.5 Å². The van der Waals surface area contributed by atoms with E-state index in [1.54, 1.807) is 49.6 Å². The van der Waals surface area contributed by atoms with Gasteiger partial charge in [-0.3, -0.25) is 0 Å². The first kappa shape index (κ1) is 15.3. The second-order valence-corrected chi connectivity index (χ2v) is 4.37. The van der Waals surface area contributed by atoms with Crippen LogP contribution in [0.1, 0.15) is 5.56 Å². The summed E-state index contributed by atoms with van der Waals surface area (Å²) in [6.45, 7) is 0. The fourth-order valence-electron chi connectivity index (χ4n) is 1.87. The van der Waals surface area contributed by atoms with Crippen molar-refractivity contribution >= 4 is 17.4 Å². The maximum Gasteiger partial charge on any atom is 0.323 e. The van der Waals surface area contributed by atoms with E-state index >= 15 is 0 Å². The quantitative estimate of drug-likeness (QED) is 0.851. The fraction of sp³-hybridized carbons (Fsp3) is 0.118. The highest BCUT2D eigenvalue weighted by Gasteiger charge is 2.09. The molecule has 0 fully saturated rings. The number of benzene rings is 2. The molecule has 0 saturated carbocycles. The topological polar surface area (TPSA) is 59.6 Å². The van der Waals surface area contributed by atoms with Crippen molar-refractivity contribution in [2.75, 3.05) is 24.9 Å². The van der Waals surface area contributed by atoms with E-state index in [4.69, 9.17) is 15.9 Å². The molecule has 2 aromatic rings. The van der Waals surface area contributed by atoms with Gasteiger partial charge in [0.25, 0.3) is 0 Å². The Labute approximate surface area is 129 Å². The van der Waals surface area contributed by atoms with E-state index in [0.29, 0.717) is 28.4 Å². The van der Waals surface area contributed by atoms with Gasteiger partial charge < -0.3 is 20.1 Å². The predicted octanol–water partition coefficient (Wildman–Crippen LogP) is 3.33. The molecule has 0 heterocycles. The van der Waals surface area contributed by atoms with Crippen molar-refractivity contribution in [2.24, 2.45) is 0 Å². The van der Waals surface area contributed by atoms with Crippen LogP contribution in [0.25, 0.3) is 0 Å². The van der Waals surface area contributed by atoms with Crippen molar-refractivity contribution in [2.45, 2.75) is 0 Å². The van der Waals surface area contributed by atoms with Gasteiger partial charge in [0.1, 0.15) is 11.5 Å². The predicted molar refractivity (Wildman–Crippen MR) is 86.6 cm³/mol. The number of terminal acetylenes is 1. The van der Waals surface area contributed by atoms with Crippen LogP contribution in [0.4, 0.5) is 16.2 Å². The van der Waals surface area contributed by atoms with E-state index in [0.717, 1.165) is 0 Å². The molecule has 5 heteroatoms. The number of methoxy groups -OCH3 is 2. The SMILES string of the molecule is C#Cc1cccc(NC(=O)Nc2ccc(OC)cc2OC)c1. The molecular weight excluding hydrogens is 280 g/mol. The number of urea groups is 1. The van der Waals surface area contributed by atoms with E-state index < -0.39 is 6.03 Å². The molecule has 2 amide bonds. The second kappa shape index (κ2) is 7.04. The van der Waals surface area contributed by atoms with Crippen molar-refractivity contribution in [3.05, 3.63) is 48.0 Å². The zero-order valence-corrected chi connectivity index (χ0v) is 12.3. The van der Waals surface area contributed by atoms with Gasteiger partial charge in [-0.15, -0.1) is 6.42 Å². The van der Waals surface area contributed by atoms with Crippen molar-refractivity contribution in [3.8, 4) is 23.8 Å². The molecule has 0 spiro atoms. The number of carbonyl (C=O) groups excluding carboxylic acids is 1. The summed E-state index contributed by atoms with van der Waals surface area (Å²) < 4.78 is 10.3. The normalized spacial score (nSPS) is 9.50. The van der Waals surface area contributed by atoms with Crippen molar-refractivity contribution in [1.82, 2.24) is 0 Å². The van der Waals surface area contributed by atoms with Crippen LogP contribution in [0.3, 0.4) is 0 Å². The maximum absolute atomic E-state index is 12.0. The highest BCUT2D eigenvalue weighted by atomic mass is 16.5. The number of carbonyl (C=O) groups is 1. The number of rotatable bonds is 4. The zero-order valence-electron chi connectivity index (χ0n) is 12.3. The number of ether oxygens (including phenoxy) is 2. The Morgan fingerprint density at radius 2 is 1.91 bits per heavy atom. The first-order valence-corrected chi connectivity index (χ1v) is 6.53. The molecule has 0 aliphatic rings. The van der Waals surface area contributed by atoms with Gasteiger partial charge in [0, 0.05) is 17.3 Å². The first-order valence-electron chi connectivity index (χ1n) is 6.53. The molecule has 0 bridgehead atoms. The van der Waals surface area contributed by atoms with Gasteiger partial charge in [-0.1, -0.05) is 12.0 Å². The molecule has 5 nitrogen and oxygen atoms in total. The highest BCUT2D eigenvalue weighted by Crippen LogP contribution is 2.29. The van der Waals surface area contributed by atoms with Crippen LogP contribution < -0.4 is 20.1 Å². The summed E-state index contributed by atoms with van der Waals surface area (Å²) in [5, 5.41) is 5.43. The molecule has 2 N–H and O–H groups in total. The molecule has 0 atom stereocenters. The number of nitrogens with one attached hydrogen (secondary N) is 2. The fourth-order valence-corrected chi connectivity index (χ4v) is 1.87. The van der Waals surface area contributed by atoms with Crippen LogP contribution in [-0.4, -0.2) is 20.3 Å². The van der Waals surface area contributed by atoms with Gasteiger partial charge in [-0.2, -0.15) is 0 Å². The third-order valence-corrected chi connectivity index (χ3v) is 2.94. The summed E-state index contributed by atoms with van der Waals surface area (Å²) in [6.07, 6.45) is 5.33. The summed E-state index contributed by atoms with van der Waals surface area (Å²) in [7, 11) is 3.08. The Morgan fingerprint density at radius 3 is 2.59 bits per heavy atom. The van der Waals surface area contributed by atoms with Crippen LogP contribution in [0.2, 0.25) is 0 Å². The van der Waals surface area contributed by atoms with Gasteiger partial charge in [0.2, 0.25) is 0 Å². The molecule has 0 unspecified atom stereocenters. The van der Waals surface area contributed by atoms with Crippen molar-refractivity contribution < 1.29 is 14.3 Å². The maximum atomic E-state index is 12.0.